The molecule has 1 aromatic rings. The minimum absolute atomic E-state index is 0.0579. The average Bonchev–Trinajstić information content (AvgIpc) is 2.59. The van der Waals surface area contributed by atoms with Crippen LogP contribution in [0.5, 0.6) is 0 Å². The second-order valence-electron chi connectivity index (χ2n) is 5.38. The highest BCUT2D eigenvalue weighted by Crippen LogP contribution is 2.31. The van der Waals surface area contributed by atoms with Crippen molar-refractivity contribution in [3.8, 4) is 0 Å². The smallest absolute Gasteiger partial charge is 0.156 e. The van der Waals surface area contributed by atoms with Gasteiger partial charge < -0.3 is 0 Å². The van der Waals surface area contributed by atoms with E-state index in [1.807, 2.05) is 6.92 Å². The first-order valence-corrected chi connectivity index (χ1v) is 9.27. The van der Waals surface area contributed by atoms with Crippen molar-refractivity contribution in [2.75, 3.05) is 5.75 Å². The molecule has 1 heterocycles. The Kier molecular flexibility index (Phi) is 5.26. The van der Waals surface area contributed by atoms with E-state index in [0.717, 1.165) is 10.6 Å². The summed E-state index contributed by atoms with van der Waals surface area (Å²) in [6.07, 6.45) is 0.652. The van der Waals surface area contributed by atoms with E-state index in [2.05, 4.69) is 38.4 Å². The monoisotopic (exact) mass is 307 g/mol. The topological polar surface area (TPSA) is 47.0 Å². The Bertz CT molecular complexity index is 498. The van der Waals surface area contributed by atoms with Gasteiger partial charge in [-0.05, 0) is 6.42 Å². The van der Waals surface area contributed by atoms with Crippen LogP contribution in [-0.4, -0.2) is 19.2 Å². The molecule has 18 heavy (non-hydrogen) atoms. The van der Waals surface area contributed by atoms with Crippen molar-refractivity contribution in [2.45, 2.75) is 51.0 Å². The molecule has 0 unspecified atom stereocenters. The van der Waals surface area contributed by atoms with Gasteiger partial charge in [-0.2, -0.15) is 12.6 Å². The number of hydrogen-bond acceptors (Lipinski definition) is 5. The Labute approximate surface area is 119 Å². The maximum absolute atomic E-state index is 11.8. The molecule has 0 aromatic carbocycles. The zero-order valence-electron chi connectivity index (χ0n) is 11.4. The van der Waals surface area contributed by atoms with Gasteiger partial charge in [0.1, 0.15) is 10.8 Å². The Morgan fingerprint density at radius 3 is 2.33 bits per heavy atom. The van der Waals surface area contributed by atoms with Gasteiger partial charge in [0, 0.05) is 16.0 Å². The van der Waals surface area contributed by atoms with E-state index in [-0.39, 0.29) is 16.9 Å². The van der Waals surface area contributed by atoms with E-state index in [9.17, 15) is 8.42 Å². The van der Waals surface area contributed by atoms with E-state index in [4.69, 9.17) is 0 Å². The van der Waals surface area contributed by atoms with Crippen LogP contribution < -0.4 is 0 Å². The molecule has 1 rings (SSSR count). The molecular weight excluding hydrogens is 286 g/mol. The maximum atomic E-state index is 11.8. The summed E-state index contributed by atoms with van der Waals surface area (Å²) in [6.45, 7) is 8.12. The van der Waals surface area contributed by atoms with Crippen molar-refractivity contribution < 1.29 is 8.42 Å². The van der Waals surface area contributed by atoms with Crippen LogP contribution in [0.15, 0.2) is 0 Å². The van der Waals surface area contributed by atoms with Crippen LogP contribution in [0.4, 0.5) is 0 Å². The quantitative estimate of drug-likeness (QED) is 0.850. The largest absolute Gasteiger partial charge is 0.244 e. The summed E-state index contributed by atoms with van der Waals surface area (Å²) < 4.78 is 23.6. The van der Waals surface area contributed by atoms with Crippen molar-refractivity contribution >= 4 is 33.8 Å². The van der Waals surface area contributed by atoms with E-state index < -0.39 is 9.84 Å². The molecular formula is C12H21NO2S3. The number of sulfone groups is 1. The Balaban J connectivity index is 3.03. The van der Waals surface area contributed by atoms with Gasteiger partial charge >= 0.3 is 0 Å². The van der Waals surface area contributed by atoms with Gasteiger partial charge in [-0.3, -0.25) is 0 Å². The zero-order valence-corrected chi connectivity index (χ0v) is 13.9. The molecule has 6 heteroatoms. The van der Waals surface area contributed by atoms with Crippen molar-refractivity contribution in [3.63, 3.8) is 0 Å². The van der Waals surface area contributed by atoms with E-state index in [1.165, 1.54) is 11.3 Å². The first-order chi connectivity index (χ1) is 8.19. The molecule has 0 spiro atoms. The Hall–Kier alpha value is -0.0700. The van der Waals surface area contributed by atoms with Crippen LogP contribution in [0, 0.1) is 0 Å². The van der Waals surface area contributed by atoms with Gasteiger partial charge in [-0.1, -0.05) is 27.7 Å². The fraction of sp³-hybridized carbons (Fsp3) is 0.750. The lowest BCUT2D eigenvalue weighted by Gasteiger charge is -2.16. The Morgan fingerprint density at radius 2 is 1.94 bits per heavy atom. The Morgan fingerprint density at radius 1 is 1.33 bits per heavy atom. The molecule has 0 radical (unpaired) electrons. The molecule has 0 aliphatic carbocycles. The second-order valence-corrected chi connectivity index (χ2v) is 9.05. The second kappa shape index (κ2) is 5.92. The van der Waals surface area contributed by atoms with Crippen LogP contribution in [0.25, 0.3) is 0 Å². The van der Waals surface area contributed by atoms with Crippen molar-refractivity contribution in [2.24, 2.45) is 0 Å². The van der Waals surface area contributed by atoms with Gasteiger partial charge in [0.2, 0.25) is 0 Å². The first-order valence-electron chi connectivity index (χ1n) is 6.00. The fourth-order valence-corrected chi connectivity index (χ4v) is 4.99. The van der Waals surface area contributed by atoms with Gasteiger partial charge in [0.25, 0.3) is 0 Å². The summed E-state index contributed by atoms with van der Waals surface area (Å²) >= 11 is 5.77. The van der Waals surface area contributed by atoms with E-state index in [0.29, 0.717) is 17.2 Å². The van der Waals surface area contributed by atoms with Gasteiger partial charge in [-0.25, -0.2) is 13.4 Å². The number of rotatable bonds is 5. The minimum atomic E-state index is -3.02. The summed E-state index contributed by atoms with van der Waals surface area (Å²) in [7, 11) is -3.02. The van der Waals surface area contributed by atoms with Crippen LogP contribution in [0.2, 0.25) is 0 Å². The molecule has 104 valence electrons. The third kappa shape index (κ3) is 4.24. The lowest BCUT2D eigenvalue weighted by molar-refractivity contribution is 0.566. The van der Waals surface area contributed by atoms with Crippen molar-refractivity contribution in [3.05, 3.63) is 15.6 Å². The molecule has 0 aliphatic rings. The van der Waals surface area contributed by atoms with E-state index >= 15 is 0 Å². The number of aromatic nitrogens is 1. The third-order valence-corrected chi connectivity index (χ3v) is 5.97. The van der Waals surface area contributed by atoms with E-state index in [1.54, 1.807) is 0 Å². The highest BCUT2D eigenvalue weighted by Gasteiger charge is 2.24. The van der Waals surface area contributed by atoms with Crippen molar-refractivity contribution in [1.29, 1.82) is 0 Å². The molecule has 0 N–H and O–H groups in total. The van der Waals surface area contributed by atoms with Crippen molar-refractivity contribution in [1.82, 2.24) is 4.98 Å². The van der Waals surface area contributed by atoms with Crippen LogP contribution in [0.3, 0.4) is 0 Å². The van der Waals surface area contributed by atoms with Crippen LogP contribution >= 0.6 is 24.0 Å². The van der Waals surface area contributed by atoms with Gasteiger partial charge in [0.15, 0.2) is 9.84 Å². The fourth-order valence-electron chi connectivity index (χ4n) is 1.73. The summed E-state index contributed by atoms with van der Waals surface area (Å²) in [5, 5.41) is 0.692. The predicted octanol–water partition coefficient (Wildman–Crippen LogP) is 3.20. The number of nitrogens with zero attached hydrogens (tertiary/aromatic N) is 1. The average molecular weight is 308 g/mol. The van der Waals surface area contributed by atoms with Crippen LogP contribution in [0.1, 0.15) is 49.7 Å². The number of thiol groups is 1. The standard InChI is InChI=1S/C12H21NO2S3/c1-5-6-18(14,15)8-10-13-11(12(2,3)4)9(7-16)17-10/h16H,5-8H2,1-4H3. The summed E-state index contributed by atoms with van der Waals surface area (Å²) in [5.74, 6) is 0.897. The predicted molar refractivity (Wildman–Crippen MR) is 81.3 cm³/mol. The zero-order chi connectivity index (χ0) is 14.0. The molecule has 0 saturated carbocycles. The number of thiazole rings is 1. The lowest BCUT2D eigenvalue weighted by atomic mass is 9.91. The summed E-state index contributed by atoms with van der Waals surface area (Å²) in [4.78, 5) is 5.59. The molecule has 0 aliphatic heterocycles. The van der Waals surface area contributed by atoms with Crippen LogP contribution in [-0.2, 0) is 26.8 Å². The molecule has 0 atom stereocenters. The lowest BCUT2D eigenvalue weighted by Crippen LogP contribution is -2.14. The SMILES string of the molecule is CCCS(=O)(=O)Cc1nc(C(C)(C)C)c(CS)s1. The normalized spacial score (nSPS) is 12.9. The third-order valence-electron chi connectivity index (χ3n) is 2.45. The highest BCUT2D eigenvalue weighted by atomic mass is 32.2. The molecule has 0 bridgehead atoms. The molecule has 0 fully saturated rings. The maximum Gasteiger partial charge on any atom is 0.156 e. The van der Waals surface area contributed by atoms with Gasteiger partial charge in [0.05, 0.1) is 11.4 Å². The summed E-state index contributed by atoms with van der Waals surface area (Å²) in [5.41, 5.74) is 0.908. The molecule has 0 saturated heterocycles. The first kappa shape index (κ1) is 16.0. The minimum Gasteiger partial charge on any atom is -0.244 e. The number of hydrogen-bond donors (Lipinski definition) is 1. The molecule has 0 amide bonds. The van der Waals surface area contributed by atoms with Gasteiger partial charge in [-0.15, -0.1) is 11.3 Å². The molecule has 3 nitrogen and oxygen atoms in total. The highest BCUT2D eigenvalue weighted by molar-refractivity contribution is 7.90. The molecule has 1 aromatic heterocycles. The summed E-state index contributed by atoms with van der Waals surface area (Å²) in [6, 6.07) is 0.